The number of amides is 1. The normalized spacial score (nSPS) is 25.8. The molecule has 4 aliphatic heterocycles. The number of fused-ring (bicyclic) bond motifs is 10. The number of hydrogen-bond donors (Lipinski definition) is 1. The van der Waals surface area contributed by atoms with Gasteiger partial charge in [-0.05, 0) is 43.5 Å². The van der Waals surface area contributed by atoms with E-state index in [4.69, 9.17) is 9.47 Å². The van der Waals surface area contributed by atoms with Crippen LogP contribution in [-0.2, 0) is 35.8 Å². The maximum absolute atomic E-state index is 15.4. The summed E-state index contributed by atoms with van der Waals surface area (Å²) in [6, 6.07) is 21.1. The summed E-state index contributed by atoms with van der Waals surface area (Å²) < 4.78 is 10.6. The van der Waals surface area contributed by atoms with Crippen LogP contribution >= 0.6 is 11.8 Å². The number of ether oxygens (including phenoxy) is 2. The lowest BCUT2D eigenvalue weighted by atomic mass is 9.73. The van der Waals surface area contributed by atoms with Crippen LogP contribution in [0.25, 0.3) is 10.9 Å². The van der Waals surface area contributed by atoms with Crippen molar-refractivity contribution in [1.82, 2.24) is 9.47 Å². The molecule has 1 saturated heterocycles. The number of Topliss-reactive ketones (excluding diaryl/α,β-unsaturated/α-hetero) is 1. The number of esters is 2. The minimum absolute atomic E-state index is 0.0351. The summed E-state index contributed by atoms with van der Waals surface area (Å²) in [4.78, 5) is 73.2. The van der Waals surface area contributed by atoms with Crippen LogP contribution in [0.2, 0.25) is 0 Å². The molecule has 232 valence electrons. The highest BCUT2D eigenvalue weighted by molar-refractivity contribution is 8.02. The second-order valence-electron chi connectivity index (χ2n) is 12.3. The van der Waals surface area contributed by atoms with Gasteiger partial charge >= 0.3 is 11.9 Å². The molecule has 5 heterocycles. The topological polar surface area (TPSA) is 124 Å². The molecule has 0 aliphatic carbocycles. The molecule has 0 radical (unpaired) electrons. The van der Waals surface area contributed by atoms with Crippen LogP contribution in [0.1, 0.15) is 51.7 Å². The van der Waals surface area contributed by atoms with Gasteiger partial charge in [0.05, 0.1) is 35.4 Å². The first-order valence-electron chi connectivity index (χ1n) is 15.1. The molecule has 8 rings (SSSR count). The number of nitrogens with one attached hydrogen (secondary N) is 1. The quantitative estimate of drug-likeness (QED) is 0.196. The average Bonchev–Trinajstić information content (AvgIpc) is 3.72. The van der Waals surface area contributed by atoms with Gasteiger partial charge in [-0.2, -0.15) is 0 Å². The summed E-state index contributed by atoms with van der Waals surface area (Å²) in [6.07, 6.45) is 0.0536. The fourth-order valence-electron chi connectivity index (χ4n) is 8.18. The molecule has 11 heteroatoms. The van der Waals surface area contributed by atoms with E-state index in [1.54, 1.807) is 50.2 Å². The van der Waals surface area contributed by atoms with Crippen LogP contribution in [0.15, 0.2) is 77.8 Å². The van der Waals surface area contributed by atoms with Crippen LogP contribution in [0, 0.1) is 5.92 Å². The molecule has 4 aliphatic rings. The lowest BCUT2D eigenvalue weighted by molar-refractivity contribution is -0.153. The van der Waals surface area contributed by atoms with Gasteiger partial charge in [0.25, 0.3) is 17.6 Å². The van der Waals surface area contributed by atoms with Crippen LogP contribution in [0.3, 0.4) is 0 Å². The Balaban J connectivity index is 1.45. The Morgan fingerprint density at radius 2 is 1.70 bits per heavy atom. The summed E-state index contributed by atoms with van der Waals surface area (Å²) in [5, 5.41) is 3.65. The van der Waals surface area contributed by atoms with Crippen molar-refractivity contribution in [3.8, 4) is 0 Å². The molecular weight excluding hydrogens is 606 g/mol. The monoisotopic (exact) mass is 635 g/mol. The Bertz CT molecular complexity index is 2050. The Morgan fingerprint density at radius 3 is 2.48 bits per heavy atom. The lowest BCUT2D eigenvalue weighted by Crippen LogP contribution is -2.56. The highest BCUT2D eigenvalue weighted by atomic mass is 32.2. The van der Waals surface area contributed by atoms with Gasteiger partial charge in [-0.25, -0.2) is 4.79 Å². The number of ketones is 1. The van der Waals surface area contributed by atoms with Crippen molar-refractivity contribution >= 4 is 57.9 Å². The smallest absolute Gasteiger partial charge is 0.380 e. The number of thioether (sulfide) groups is 1. The molecule has 0 saturated carbocycles. The zero-order chi connectivity index (χ0) is 32.1. The summed E-state index contributed by atoms with van der Waals surface area (Å²) in [6.45, 7) is 3.69. The number of carbonyl (C=O) groups excluding carboxylic acids is 5. The van der Waals surface area contributed by atoms with Crippen LogP contribution in [0.5, 0.6) is 0 Å². The minimum atomic E-state index is -1.66. The van der Waals surface area contributed by atoms with E-state index in [2.05, 4.69) is 5.32 Å². The number of anilines is 1. The van der Waals surface area contributed by atoms with Gasteiger partial charge in [0.2, 0.25) is 0 Å². The second-order valence-corrected chi connectivity index (χ2v) is 13.5. The van der Waals surface area contributed by atoms with E-state index in [0.29, 0.717) is 35.1 Å². The fraction of sp³-hybridized carbons (Fsp3) is 0.286. The fourth-order valence-corrected chi connectivity index (χ4v) is 10.0. The Labute approximate surface area is 268 Å². The molecule has 1 aromatic heterocycles. The summed E-state index contributed by atoms with van der Waals surface area (Å²) in [5.41, 5.74) is 1.83. The molecule has 1 fully saturated rings. The largest absolute Gasteiger partial charge is 0.469 e. The standard InChI is InChI=1S/C35H29N3O7S/c1-18(2)45-30(40)26(39)25-21-12-6-9-15-24(21)38-29(25)46-35(33(38)43)27(31(41)44-3)34(22-13-7-8-14-23(22)36-32(34)42)37-17-16-19-10-4-5-11-20(19)28(35)37/h4-15,18,27-28H,16-17H2,1-3H3,(H,36,42)/t27-,28?,34+,35-/m0/s1. The Hall–Kier alpha value is -4.74. The summed E-state index contributed by atoms with van der Waals surface area (Å²) >= 11 is 1.07. The maximum Gasteiger partial charge on any atom is 0.380 e. The van der Waals surface area contributed by atoms with Gasteiger partial charge < -0.3 is 14.8 Å². The molecule has 0 bridgehead atoms. The number of nitrogens with zero attached hydrogens (tertiary/aromatic N) is 2. The van der Waals surface area contributed by atoms with Crippen molar-refractivity contribution in [1.29, 1.82) is 0 Å². The molecule has 1 amide bonds. The molecule has 46 heavy (non-hydrogen) atoms. The van der Waals surface area contributed by atoms with Gasteiger partial charge in [0.1, 0.15) is 16.2 Å². The van der Waals surface area contributed by atoms with Gasteiger partial charge in [-0.15, -0.1) is 0 Å². The number of para-hydroxylation sites is 2. The Morgan fingerprint density at radius 1 is 0.978 bits per heavy atom. The summed E-state index contributed by atoms with van der Waals surface area (Å²) in [5.74, 6) is -4.85. The zero-order valence-electron chi connectivity index (χ0n) is 25.2. The number of aromatic nitrogens is 1. The predicted octanol–water partition coefficient (Wildman–Crippen LogP) is 4.51. The third-order valence-corrected chi connectivity index (χ3v) is 11.3. The van der Waals surface area contributed by atoms with Gasteiger partial charge in [-0.1, -0.05) is 72.4 Å². The van der Waals surface area contributed by atoms with E-state index in [1.807, 2.05) is 41.3 Å². The number of rotatable bonds is 4. The van der Waals surface area contributed by atoms with Crippen molar-refractivity contribution in [2.24, 2.45) is 5.92 Å². The molecular formula is C35H29N3O7S. The van der Waals surface area contributed by atoms with E-state index >= 15 is 4.79 Å². The molecule has 1 unspecified atom stereocenters. The van der Waals surface area contributed by atoms with E-state index < -0.39 is 57.9 Å². The van der Waals surface area contributed by atoms with Crippen LogP contribution < -0.4 is 5.32 Å². The highest BCUT2D eigenvalue weighted by Crippen LogP contribution is 2.70. The van der Waals surface area contributed by atoms with E-state index in [1.165, 1.54) is 11.7 Å². The van der Waals surface area contributed by atoms with Crippen molar-refractivity contribution in [2.45, 2.75) is 47.7 Å². The first-order valence-corrected chi connectivity index (χ1v) is 16.0. The van der Waals surface area contributed by atoms with Crippen molar-refractivity contribution in [3.63, 3.8) is 0 Å². The SMILES string of the molecule is COC(=O)[C@@H]1[C@]2(Sc3c(C(=O)C(=O)OC(C)C)c4ccccc4n3C2=O)C2c3ccccc3CCN2[C@@]12C(=O)Nc1ccccc12. The number of benzene rings is 3. The van der Waals surface area contributed by atoms with E-state index in [-0.39, 0.29) is 10.6 Å². The molecule has 1 N–H and O–H groups in total. The first kappa shape index (κ1) is 28.7. The van der Waals surface area contributed by atoms with Crippen molar-refractivity contribution in [3.05, 3.63) is 95.1 Å². The summed E-state index contributed by atoms with van der Waals surface area (Å²) in [7, 11) is 1.25. The van der Waals surface area contributed by atoms with Crippen molar-refractivity contribution in [2.75, 3.05) is 19.0 Å². The minimum Gasteiger partial charge on any atom is -0.469 e. The van der Waals surface area contributed by atoms with Gasteiger partial charge in [0.15, 0.2) is 0 Å². The molecule has 4 atom stereocenters. The maximum atomic E-state index is 15.4. The molecule has 10 nitrogen and oxygen atoms in total. The van der Waals surface area contributed by atoms with Crippen LogP contribution in [-0.4, -0.2) is 63.5 Å². The van der Waals surface area contributed by atoms with E-state index in [0.717, 1.165) is 22.9 Å². The molecule has 3 aromatic carbocycles. The number of carbonyl (C=O) groups is 5. The predicted molar refractivity (Wildman–Crippen MR) is 169 cm³/mol. The zero-order valence-corrected chi connectivity index (χ0v) is 26.1. The average molecular weight is 636 g/mol. The molecule has 4 aromatic rings. The third kappa shape index (κ3) is 3.39. The first-order chi connectivity index (χ1) is 22.2. The highest BCUT2D eigenvalue weighted by Gasteiger charge is 2.80. The van der Waals surface area contributed by atoms with Crippen molar-refractivity contribution < 1.29 is 33.4 Å². The van der Waals surface area contributed by atoms with Gasteiger partial charge in [-0.3, -0.25) is 28.6 Å². The second kappa shape index (κ2) is 9.88. The lowest BCUT2D eigenvalue weighted by Gasteiger charge is -2.41. The Kier molecular flexibility index (Phi) is 6.17. The molecule has 2 spiro atoms. The van der Waals surface area contributed by atoms with Gasteiger partial charge in [0, 0.05) is 23.2 Å². The van der Waals surface area contributed by atoms with E-state index in [9.17, 15) is 19.2 Å². The van der Waals surface area contributed by atoms with Crippen LogP contribution in [0.4, 0.5) is 5.69 Å². The number of hydrogen-bond acceptors (Lipinski definition) is 9. The number of methoxy groups -OCH3 is 1. The third-order valence-electron chi connectivity index (χ3n) is 9.75.